The zero-order chi connectivity index (χ0) is 15.6. The number of halogens is 1. The lowest BCUT2D eigenvalue weighted by Crippen LogP contribution is -2.37. The van der Waals surface area contributed by atoms with Gasteiger partial charge >= 0.3 is 6.09 Å². The average molecular weight is 294 g/mol. The van der Waals surface area contributed by atoms with Gasteiger partial charge in [0.05, 0.1) is 19.3 Å². The summed E-state index contributed by atoms with van der Waals surface area (Å²) in [5.41, 5.74) is -0.0915. The molecular formula is C15H19FN2O3. The van der Waals surface area contributed by atoms with Crippen molar-refractivity contribution in [2.45, 2.75) is 32.4 Å². The van der Waals surface area contributed by atoms with Gasteiger partial charge in [-0.25, -0.2) is 14.2 Å². The third kappa shape index (κ3) is 3.51. The van der Waals surface area contributed by atoms with Crippen LogP contribution in [0, 0.1) is 5.82 Å². The van der Waals surface area contributed by atoms with Crippen molar-refractivity contribution < 1.29 is 18.7 Å². The highest BCUT2D eigenvalue weighted by molar-refractivity contribution is 5.70. The molecule has 0 aliphatic carbocycles. The van der Waals surface area contributed by atoms with Crippen molar-refractivity contribution in [3.63, 3.8) is 0 Å². The van der Waals surface area contributed by atoms with Crippen LogP contribution < -0.4 is 4.74 Å². The Morgan fingerprint density at radius 3 is 2.81 bits per heavy atom. The number of hydrogen-bond donors (Lipinski definition) is 0. The van der Waals surface area contributed by atoms with Gasteiger partial charge in [-0.2, -0.15) is 0 Å². The summed E-state index contributed by atoms with van der Waals surface area (Å²) in [5.74, 6) is -0.184. The zero-order valence-corrected chi connectivity index (χ0v) is 12.6. The Kier molecular flexibility index (Phi) is 4.16. The summed E-state index contributed by atoms with van der Waals surface area (Å²) in [7, 11) is 1.46. The molecule has 0 aromatic carbocycles. The number of methoxy groups -OCH3 is 1. The van der Waals surface area contributed by atoms with Crippen LogP contribution in [0.5, 0.6) is 5.88 Å². The largest absolute Gasteiger partial charge is 0.481 e. The van der Waals surface area contributed by atoms with E-state index in [0.717, 1.165) is 6.20 Å². The van der Waals surface area contributed by atoms with E-state index < -0.39 is 23.6 Å². The molecule has 1 aromatic heterocycles. The minimum absolute atomic E-state index is 0.293. The van der Waals surface area contributed by atoms with Crippen molar-refractivity contribution in [3.05, 3.63) is 35.8 Å². The van der Waals surface area contributed by atoms with E-state index in [0.29, 0.717) is 18.0 Å². The first kappa shape index (κ1) is 15.3. The molecule has 0 fully saturated rings. The summed E-state index contributed by atoms with van der Waals surface area (Å²) in [4.78, 5) is 17.6. The van der Waals surface area contributed by atoms with Crippen LogP contribution in [0.15, 0.2) is 24.4 Å². The van der Waals surface area contributed by atoms with Crippen molar-refractivity contribution in [2.75, 3.05) is 13.7 Å². The van der Waals surface area contributed by atoms with E-state index in [4.69, 9.17) is 9.47 Å². The predicted molar refractivity (Wildman–Crippen MR) is 75.6 cm³/mol. The van der Waals surface area contributed by atoms with Crippen LogP contribution in [0.3, 0.4) is 0 Å². The van der Waals surface area contributed by atoms with Gasteiger partial charge in [0.25, 0.3) is 0 Å². The lowest BCUT2D eigenvalue weighted by atomic mass is 10.1. The highest BCUT2D eigenvalue weighted by atomic mass is 19.1. The fraction of sp³-hybridized carbons (Fsp3) is 0.467. The first-order chi connectivity index (χ1) is 9.81. The number of hydrogen-bond acceptors (Lipinski definition) is 4. The Labute approximate surface area is 123 Å². The van der Waals surface area contributed by atoms with Crippen molar-refractivity contribution in [3.8, 4) is 5.88 Å². The van der Waals surface area contributed by atoms with Crippen molar-refractivity contribution in [2.24, 2.45) is 0 Å². The Morgan fingerprint density at radius 2 is 2.19 bits per heavy atom. The number of ether oxygens (including phenoxy) is 2. The van der Waals surface area contributed by atoms with Gasteiger partial charge < -0.3 is 9.47 Å². The third-order valence-corrected chi connectivity index (χ3v) is 2.94. The van der Waals surface area contributed by atoms with E-state index in [1.165, 1.54) is 18.1 Å². The Morgan fingerprint density at radius 1 is 1.48 bits per heavy atom. The quantitative estimate of drug-likeness (QED) is 0.787. The molecule has 0 saturated carbocycles. The molecule has 2 rings (SSSR count). The molecule has 1 aliphatic heterocycles. The lowest BCUT2D eigenvalue weighted by Gasteiger charge is -2.29. The molecule has 0 spiro atoms. The summed E-state index contributed by atoms with van der Waals surface area (Å²) in [6.07, 6.45) is 4.27. The van der Waals surface area contributed by atoms with E-state index in [9.17, 15) is 9.18 Å². The SMILES string of the molecule is COc1ncc(F)cc1C1C=CCN1C(=O)OC(C)(C)C. The number of nitrogens with zero attached hydrogens (tertiary/aromatic N) is 2. The highest BCUT2D eigenvalue weighted by Gasteiger charge is 2.32. The summed E-state index contributed by atoms with van der Waals surface area (Å²) >= 11 is 0. The van der Waals surface area contributed by atoms with Gasteiger partial charge in [0, 0.05) is 12.1 Å². The molecular weight excluding hydrogens is 275 g/mol. The van der Waals surface area contributed by atoms with Crippen LogP contribution >= 0.6 is 0 Å². The number of amides is 1. The van der Waals surface area contributed by atoms with Crippen molar-refractivity contribution in [1.29, 1.82) is 0 Å². The van der Waals surface area contributed by atoms with Gasteiger partial charge in [-0.05, 0) is 26.8 Å². The van der Waals surface area contributed by atoms with Crippen LogP contribution in [-0.4, -0.2) is 35.2 Å². The van der Waals surface area contributed by atoms with E-state index >= 15 is 0 Å². The molecule has 21 heavy (non-hydrogen) atoms. The summed E-state index contributed by atoms with van der Waals surface area (Å²) in [6, 6.07) is 0.877. The topological polar surface area (TPSA) is 51.7 Å². The molecule has 0 saturated heterocycles. The van der Waals surface area contributed by atoms with E-state index in [1.54, 1.807) is 20.8 Å². The number of pyridine rings is 1. The first-order valence-corrected chi connectivity index (χ1v) is 6.67. The van der Waals surface area contributed by atoms with Crippen molar-refractivity contribution in [1.82, 2.24) is 9.88 Å². The molecule has 0 N–H and O–H groups in total. The number of carbonyl (C=O) groups is 1. The maximum Gasteiger partial charge on any atom is 0.411 e. The molecule has 5 nitrogen and oxygen atoms in total. The fourth-order valence-corrected chi connectivity index (χ4v) is 2.13. The second kappa shape index (κ2) is 5.71. The van der Waals surface area contributed by atoms with Gasteiger partial charge in [0.1, 0.15) is 11.4 Å². The first-order valence-electron chi connectivity index (χ1n) is 6.67. The molecule has 1 aromatic rings. The lowest BCUT2D eigenvalue weighted by molar-refractivity contribution is 0.0239. The monoisotopic (exact) mass is 294 g/mol. The Bertz CT molecular complexity index is 567. The molecule has 1 atom stereocenters. The maximum atomic E-state index is 13.5. The molecule has 1 amide bonds. The minimum atomic E-state index is -0.589. The summed E-state index contributed by atoms with van der Waals surface area (Å²) in [6.45, 7) is 5.80. The molecule has 6 heteroatoms. The molecule has 0 radical (unpaired) electrons. The van der Waals surface area contributed by atoms with E-state index in [1.807, 2.05) is 12.2 Å². The van der Waals surface area contributed by atoms with Crippen LogP contribution in [0.2, 0.25) is 0 Å². The smallest absolute Gasteiger partial charge is 0.411 e. The van der Waals surface area contributed by atoms with Gasteiger partial charge in [-0.15, -0.1) is 0 Å². The van der Waals surface area contributed by atoms with Crippen LogP contribution in [0.4, 0.5) is 9.18 Å². The van der Waals surface area contributed by atoms with Crippen LogP contribution in [0.1, 0.15) is 32.4 Å². The summed E-state index contributed by atoms with van der Waals surface area (Å²) < 4.78 is 24.0. The van der Waals surface area contributed by atoms with E-state index in [-0.39, 0.29) is 0 Å². The zero-order valence-electron chi connectivity index (χ0n) is 12.6. The molecule has 114 valence electrons. The highest BCUT2D eigenvalue weighted by Crippen LogP contribution is 2.33. The van der Waals surface area contributed by atoms with Gasteiger partial charge in [0.15, 0.2) is 0 Å². The molecule has 1 aliphatic rings. The minimum Gasteiger partial charge on any atom is -0.481 e. The summed E-state index contributed by atoms with van der Waals surface area (Å²) in [5, 5.41) is 0. The standard InChI is InChI=1S/C15H19FN2O3/c1-15(2,3)21-14(19)18-7-5-6-12(18)11-8-10(16)9-17-13(11)20-4/h5-6,8-9,12H,7H2,1-4H3. The van der Waals surface area contributed by atoms with Gasteiger partial charge in [0.2, 0.25) is 5.88 Å². The second-order valence-corrected chi connectivity index (χ2v) is 5.76. The van der Waals surface area contributed by atoms with E-state index in [2.05, 4.69) is 4.98 Å². The third-order valence-electron chi connectivity index (χ3n) is 2.94. The number of carbonyl (C=O) groups excluding carboxylic acids is 1. The van der Waals surface area contributed by atoms with Crippen LogP contribution in [0.25, 0.3) is 0 Å². The molecule has 2 heterocycles. The van der Waals surface area contributed by atoms with Gasteiger partial charge in [-0.1, -0.05) is 12.2 Å². The molecule has 1 unspecified atom stereocenters. The van der Waals surface area contributed by atoms with Gasteiger partial charge in [-0.3, -0.25) is 4.90 Å². The number of rotatable bonds is 2. The fourth-order valence-electron chi connectivity index (χ4n) is 2.13. The Balaban J connectivity index is 2.28. The van der Waals surface area contributed by atoms with Crippen LogP contribution in [-0.2, 0) is 4.74 Å². The normalized spacial score (nSPS) is 18.0. The molecule has 0 bridgehead atoms. The second-order valence-electron chi connectivity index (χ2n) is 5.76. The average Bonchev–Trinajstić information content (AvgIpc) is 2.85. The predicted octanol–water partition coefficient (Wildman–Crippen LogP) is 3.08. The Hall–Kier alpha value is -2.11. The number of aromatic nitrogens is 1. The van der Waals surface area contributed by atoms with Crippen molar-refractivity contribution >= 4 is 6.09 Å². The maximum absolute atomic E-state index is 13.5.